The Morgan fingerprint density at radius 1 is 1.47 bits per heavy atom. The van der Waals surface area contributed by atoms with Gasteiger partial charge in [0.2, 0.25) is 5.76 Å². The largest absolute Gasteiger partial charge is 0.384 e. The molecule has 0 atom stereocenters. The fourth-order valence-electron chi connectivity index (χ4n) is 1.52. The maximum Gasteiger partial charge on any atom is 0.294 e. The molecule has 1 aromatic carbocycles. The highest BCUT2D eigenvalue weighted by Gasteiger charge is 2.11. The van der Waals surface area contributed by atoms with Gasteiger partial charge in [-0.15, -0.1) is 0 Å². The van der Waals surface area contributed by atoms with Gasteiger partial charge in [-0.25, -0.2) is 0 Å². The number of aliphatic hydroxyl groups excluding tert-OH is 1. The third-order valence-electron chi connectivity index (χ3n) is 2.39. The summed E-state index contributed by atoms with van der Waals surface area (Å²) in [4.78, 5) is 11.8. The number of carbonyl (C=O) groups excluding carboxylic acids is 1. The molecule has 0 unspecified atom stereocenters. The number of hydrogen-bond acceptors (Lipinski definition) is 4. The second kappa shape index (κ2) is 5.85. The van der Waals surface area contributed by atoms with Crippen LogP contribution in [0.25, 0.3) is 0 Å². The van der Waals surface area contributed by atoms with Crippen molar-refractivity contribution in [3.8, 4) is 11.8 Å². The number of carbonyl (C=O) groups is 1. The smallest absolute Gasteiger partial charge is 0.294 e. The van der Waals surface area contributed by atoms with Crippen LogP contribution in [0.3, 0.4) is 0 Å². The Kier molecular flexibility index (Phi) is 3.96. The molecular formula is C14H12N2O3. The third kappa shape index (κ3) is 3.21. The van der Waals surface area contributed by atoms with Crippen LogP contribution in [0.2, 0.25) is 0 Å². The zero-order valence-electron chi connectivity index (χ0n) is 10.3. The molecule has 1 heterocycles. The monoisotopic (exact) mass is 256 g/mol. The number of amides is 1. The van der Waals surface area contributed by atoms with Gasteiger partial charge < -0.3 is 14.9 Å². The molecule has 0 radical (unpaired) electrons. The highest BCUT2D eigenvalue weighted by atomic mass is 16.5. The van der Waals surface area contributed by atoms with Crippen LogP contribution in [0.4, 0.5) is 5.69 Å². The molecule has 0 spiro atoms. The van der Waals surface area contributed by atoms with Crippen molar-refractivity contribution >= 4 is 11.6 Å². The van der Waals surface area contributed by atoms with Gasteiger partial charge in [-0.2, -0.15) is 0 Å². The van der Waals surface area contributed by atoms with Crippen molar-refractivity contribution in [2.75, 3.05) is 11.9 Å². The van der Waals surface area contributed by atoms with Crippen molar-refractivity contribution < 1.29 is 14.4 Å². The molecule has 2 aromatic rings. The van der Waals surface area contributed by atoms with Crippen LogP contribution in [0, 0.1) is 18.8 Å². The minimum atomic E-state index is -0.395. The molecule has 0 aliphatic rings. The summed E-state index contributed by atoms with van der Waals surface area (Å²) in [6.45, 7) is 1.69. The number of rotatable bonds is 2. The van der Waals surface area contributed by atoms with Crippen LogP contribution in [0.15, 0.2) is 35.0 Å². The molecule has 0 aliphatic heterocycles. The third-order valence-corrected chi connectivity index (χ3v) is 2.39. The fourth-order valence-corrected chi connectivity index (χ4v) is 1.52. The molecule has 0 saturated carbocycles. The minimum Gasteiger partial charge on any atom is -0.384 e. The first kappa shape index (κ1) is 12.9. The van der Waals surface area contributed by atoms with E-state index in [4.69, 9.17) is 9.63 Å². The molecule has 5 nitrogen and oxygen atoms in total. The second-order valence-electron chi connectivity index (χ2n) is 3.84. The van der Waals surface area contributed by atoms with Gasteiger partial charge in [0.25, 0.3) is 5.91 Å². The van der Waals surface area contributed by atoms with Gasteiger partial charge in [0.15, 0.2) is 0 Å². The number of benzene rings is 1. The van der Waals surface area contributed by atoms with Gasteiger partial charge in [-0.1, -0.05) is 23.1 Å². The normalized spacial score (nSPS) is 9.58. The lowest BCUT2D eigenvalue weighted by atomic mass is 10.1. The summed E-state index contributed by atoms with van der Waals surface area (Å²) in [6, 6.07) is 6.92. The van der Waals surface area contributed by atoms with E-state index in [2.05, 4.69) is 22.3 Å². The second-order valence-corrected chi connectivity index (χ2v) is 3.84. The van der Waals surface area contributed by atoms with Crippen molar-refractivity contribution in [1.82, 2.24) is 5.16 Å². The van der Waals surface area contributed by atoms with Gasteiger partial charge in [0, 0.05) is 11.6 Å². The average molecular weight is 256 g/mol. The first-order valence-electron chi connectivity index (χ1n) is 5.63. The topological polar surface area (TPSA) is 75.4 Å². The van der Waals surface area contributed by atoms with E-state index in [0.29, 0.717) is 11.3 Å². The molecule has 96 valence electrons. The number of aromatic nitrogens is 1. The van der Waals surface area contributed by atoms with Crippen LogP contribution < -0.4 is 5.32 Å². The van der Waals surface area contributed by atoms with Crippen molar-refractivity contribution in [2.45, 2.75) is 6.92 Å². The standard InChI is InChI=1S/C14H12N2O3/c1-10-4-5-12(11(9-10)3-2-8-17)16-14(18)13-6-7-15-19-13/h4-7,9,17H,8H2,1H3,(H,16,18). The number of anilines is 1. The Balaban J connectivity index is 2.27. The summed E-state index contributed by atoms with van der Waals surface area (Å²) in [5.41, 5.74) is 2.22. The van der Waals surface area contributed by atoms with Crippen LogP contribution >= 0.6 is 0 Å². The summed E-state index contributed by atoms with van der Waals surface area (Å²) in [7, 11) is 0. The Hall–Kier alpha value is -2.58. The van der Waals surface area contributed by atoms with Gasteiger partial charge in [-0.3, -0.25) is 4.79 Å². The Morgan fingerprint density at radius 2 is 2.32 bits per heavy atom. The first-order valence-corrected chi connectivity index (χ1v) is 5.63. The lowest BCUT2D eigenvalue weighted by Crippen LogP contribution is -2.12. The van der Waals surface area contributed by atoms with Crippen molar-refractivity contribution in [2.24, 2.45) is 0 Å². The van der Waals surface area contributed by atoms with E-state index in [9.17, 15) is 4.79 Å². The maximum absolute atomic E-state index is 11.8. The van der Waals surface area contributed by atoms with Crippen molar-refractivity contribution in [1.29, 1.82) is 0 Å². The quantitative estimate of drug-likeness (QED) is 0.800. The van der Waals surface area contributed by atoms with E-state index in [1.807, 2.05) is 19.1 Å². The molecular weight excluding hydrogens is 244 g/mol. The molecule has 0 bridgehead atoms. The molecule has 1 aromatic heterocycles. The number of hydrogen-bond donors (Lipinski definition) is 2. The summed E-state index contributed by atoms with van der Waals surface area (Å²) < 4.78 is 4.77. The predicted octanol–water partition coefficient (Wildman–Crippen LogP) is 1.58. The highest BCUT2D eigenvalue weighted by Crippen LogP contribution is 2.17. The van der Waals surface area contributed by atoms with Crippen LogP contribution in [-0.4, -0.2) is 22.8 Å². The van der Waals surface area contributed by atoms with E-state index in [0.717, 1.165) is 5.56 Å². The highest BCUT2D eigenvalue weighted by molar-refractivity contribution is 6.02. The summed E-state index contributed by atoms with van der Waals surface area (Å²) >= 11 is 0. The van der Waals surface area contributed by atoms with E-state index >= 15 is 0 Å². The molecule has 5 heteroatoms. The molecule has 1 amide bonds. The number of aliphatic hydroxyl groups is 1. The molecule has 0 aliphatic carbocycles. The molecule has 2 rings (SSSR count). The molecule has 0 saturated heterocycles. The lowest BCUT2D eigenvalue weighted by Gasteiger charge is -2.06. The minimum absolute atomic E-state index is 0.127. The lowest BCUT2D eigenvalue weighted by molar-refractivity contribution is 0.0988. The first-order chi connectivity index (χ1) is 9.20. The average Bonchev–Trinajstić information content (AvgIpc) is 2.93. The fraction of sp³-hybridized carbons (Fsp3) is 0.143. The molecule has 19 heavy (non-hydrogen) atoms. The van der Waals surface area contributed by atoms with Crippen LogP contribution in [-0.2, 0) is 0 Å². The van der Waals surface area contributed by atoms with Crippen LogP contribution in [0.5, 0.6) is 0 Å². The zero-order valence-corrected chi connectivity index (χ0v) is 10.3. The van der Waals surface area contributed by atoms with Crippen molar-refractivity contribution in [3.05, 3.63) is 47.3 Å². The summed E-state index contributed by atoms with van der Waals surface area (Å²) in [5, 5.41) is 14.9. The Labute approximate surface area is 110 Å². The SMILES string of the molecule is Cc1ccc(NC(=O)c2ccno2)c(C#CCO)c1. The van der Waals surface area contributed by atoms with E-state index < -0.39 is 5.91 Å². The maximum atomic E-state index is 11.8. The van der Waals surface area contributed by atoms with Gasteiger partial charge >= 0.3 is 0 Å². The van der Waals surface area contributed by atoms with Crippen LogP contribution in [0.1, 0.15) is 21.7 Å². The van der Waals surface area contributed by atoms with Gasteiger partial charge in [-0.05, 0) is 24.6 Å². The zero-order chi connectivity index (χ0) is 13.7. The Morgan fingerprint density at radius 3 is 3.00 bits per heavy atom. The number of nitrogens with one attached hydrogen (secondary N) is 1. The van der Waals surface area contributed by atoms with Gasteiger partial charge in [0.05, 0.1) is 11.9 Å². The summed E-state index contributed by atoms with van der Waals surface area (Å²) in [6.07, 6.45) is 1.40. The summed E-state index contributed by atoms with van der Waals surface area (Å²) in [5.74, 6) is 5.08. The number of aryl methyl sites for hydroxylation is 1. The van der Waals surface area contributed by atoms with Crippen molar-refractivity contribution in [3.63, 3.8) is 0 Å². The number of nitrogens with zero attached hydrogens (tertiary/aromatic N) is 1. The predicted molar refractivity (Wildman–Crippen MR) is 69.6 cm³/mol. The van der Waals surface area contributed by atoms with E-state index in [1.165, 1.54) is 12.3 Å². The van der Waals surface area contributed by atoms with E-state index in [1.54, 1.807) is 6.07 Å². The van der Waals surface area contributed by atoms with Gasteiger partial charge in [0.1, 0.15) is 6.61 Å². The van der Waals surface area contributed by atoms with E-state index in [-0.39, 0.29) is 12.4 Å². The molecule has 0 fully saturated rings. The Bertz CT molecular complexity index is 636. The molecule has 2 N–H and O–H groups in total.